The number of ether oxygens (including phenoxy) is 1. The van der Waals surface area contributed by atoms with E-state index in [-0.39, 0.29) is 6.54 Å². The van der Waals surface area contributed by atoms with E-state index in [4.69, 9.17) is 4.74 Å². The SMILES string of the molecule is COc1ccccc1[C@@H](O)CNc1nccc(-c2ccc(C)nc2C)n1. The van der Waals surface area contributed by atoms with Gasteiger partial charge in [-0.2, -0.15) is 0 Å². The van der Waals surface area contributed by atoms with Gasteiger partial charge >= 0.3 is 0 Å². The quantitative estimate of drug-likeness (QED) is 0.710. The molecule has 3 rings (SSSR count). The van der Waals surface area contributed by atoms with E-state index in [1.165, 1.54) is 0 Å². The molecule has 0 saturated heterocycles. The van der Waals surface area contributed by atoms with Crippen LogP contribution in [0.1, 0.15) is 23.1 Å². The molecule has 2 N–H and O–H groups in total. The first-order valence-electron chi connectivity index (χ1n) is 8.41. The molecule has 26 heavy (non-hydrogen) atoms. The van der Waals surface area contributed by atoms with Gasteiger partial charge in [0.15, 0.2) is 0 Å². The zero-order chi connectivity index (χ0) is 18.5. The number of aliphatic hydroxyl groups excluding tert-OH is 1. The highest BCUT2D eigenvalue weighted by Gasteiger charge is 2.13. The molecule has 134 valence electrons. The summed E-state index contributed by atoms with van der Waals surface area (Å²) in [6.07, 6.45) is 0.959. The maximum Gasteiger partial charge on any atom is 0.223 e. The van der Waals surface area contributed by atoms with Crippen molar-refractivity contribution in [2.75, 3.05) is 19.0 Å². The molecule has 1 aromatic carbocycles. The van der Waals surface area contributed by atoms with Gasteiger partial charge in [-0.15, -0.1) is 0 Å². The van der Waals surface area contributed by atoms with Crippen LogP contribution in [0.2, 0.25) is 0 Å². The second-order valence-corrected chi connectivity index (χ2v) is 5.99. The molecule has 0 bridgehead atoms. The molecule has 0 fully saturated rings. The topological polar surface area (TPSA) is 80.2 Å². The average Bonchev–Trinajstić information content (AvgIpc) is 2.66. The summed E-state index contributed by atoms with van der Waals surface area (Å²) in [5.41, 5.74) is 4.37. The third-order valence-corrected chi connectivity index (χ3v) is 4.11. The second-order valence-electron chi connectivity index (χ2n) is 5.99. The summed E-state index contributed by atoms with van der Waals surface area (Å²) in [4.78, 5) is 13.3. The number of hydrogen-bond acceptors (Lipinski definition) is 6. The van der Waals surface area contributed by atoms with Crippen molar-refractivity contribution >= 4 is 5.95 Å². The van der Waals surface area contributed by atoms with E-state index in [9.17, 15) is 5.11 Å². The second kappa shape index (κ2) is 7.93. The Kier molecular flexibility index (Phi) is 5.43. The summed E-state index contributed by atoms with van der Waals surface area (Å²) in [6.45, 7) is 4.20. The van der Waals surface area contributed by atoms with Gasteiger partial charge in [0.1, 0.15) is 5.75 Å². The standard InChI is InChI=1S/C20H22N4O2/c1-13-8-9-15(14(2)23-13)17-10-11-21-20(24-17)22-12-18(25)16-6-4-5-7-19(16)26-3/h4-11,18,25H,12H2,1-3H3,(H,21,22,24)/t18-/m0/s1. The minimum Gasteiger partial charge on any atom is -0.496 e. The van der Waals surface area contributed by atoms with Crippen LogP contribution in [0.3, 0.4) is 0 Å². The first-order valence-corrected chi connectivity index (χ1v) is 8.41. The fraction of sp³-hybridized carbons (Fsp3) is 0.250. The normalized spacial score (nSPS) is 11.8. The summed E-state index contributed by atoms with van der Waals surface area (Å²) in [7, 11) is 1.59. The fourth-order valence-corrected chi connectivity index (χ4v) is 2.79. The van der Waals surface area contributed by atoms with Crippen LogP contribution in [-0.4, -0.2) is 33.7 Å². The van der Waals surface area contributed by atoms with E-state index in [2.05, 4.69) is 20.3 Å². The number of methoxy groups -OCH3 is 1. The number of nitrogens with one attached hydrogen (secondary N) is 1. The van der Waals surface area contributed by atoms with E-state index in [0.29, 0.717) is 11.7 Å². The zero-order valence-corrected chi connectivity index (χ0v) is 15.1. The summed E-state index contributed by atoms with van der Waals surface area (Å²) < 4.78 is 5.29. The van der Waals surface area contributed by atoms with E-state index < -0.39 is 6.10 Å². The molecule has 3 aromatic rings. The molecule has 0 aliphatic heterocycles. The Labute approximate surface area is 152 Å². The first-order chi connectivity index (χ1) is 12.6. The molecule has 1 atom stereocenters. The maximum atomic E-state index is 10.4. The summed E-state index contributed by atoms with van der Waals surface area (Å²) in [5.74, 6) is 1.11. The number of aromatic nitrogens is 3. The molecule has 2 aromatic heterocycles. The lowest BCUT2D eigenvalue weighted by molar-refractivity contribution is 0.186. The van der Waals surface area contributed by atoms with Gasteiger partial charge in [-0.05, 0) is 38.1 Å². The van der Waals surface area contributed by atoms with Crippen molar-refractivity contribution < 1.29 is 9.84 Å². The van der Waals surface area contributed by atoms with Crippen LogP contribution < -0.4 is 10.1 Å². The number of nitrogens with zero attached hydrogens (tertiary/aromatic N) is 3. The fourth-order valence-electron chi connectivity index (χ4n) is 2.79. The van der Waals surface area contributed by atoms with Crippen LogP contribution in [0.5, 0.6) is 5.75 Å². The molecule has 0 saturated carbocycles. The third kappa shape index (κ3) is 3.97. The van der Waals surface area contributed by atoms with Crippen molar-refractivity contribution in [1.82, 2.24) is 15.0 Å². The van der Waals surface area contributed by atoms with Gasteiger partial charge in [-0.3, -0.25) is 4.98 Å². The smallest absolute Gasteiger partial charge is 0.223 e. The largest absolute Gasteiger partial charge is 0.496 e. The number of pyridine rings is 1. The molecule has 6 heteroatoms. The molecular formula is C20H22N4O2. The van der Waals surface area contributed by atoms with E-state index >= 15 is 0 Å². The first kappa shape index (κ1) is 17.8. The molecule has 2 heterocycles. The predicted molar refractivity (Wildman–Crippen MR) is 101 cm³/mol. The van der Waals surface area contributed by atoms with Crippen molar-refractivity contribution in [3.63, 3.8) is 0 Å². The highest BCUT2D eigenvalue weighted by atomic mass is 16.5. The minimum atomic E-state index is -0.735. The lowest BCUT2D eigenvalue weighted by atomic mass is 10.1. The Hall–Kier alpha value is -2.99. The third-order valence-electron chi connectivity index (χ3n) is 4.11. The number of anilines is 1. The van der Waals surface area contributed by atoms with Crippen LogP contribution in [0.4, 0.5) is 5.95 Å². The molecule has 0 spiro atoms. The Morgan fingerprint density at radius 3 is 2.65 bits per heavy atom. The summed E-state index contributed by atoms with van der Waals surface area (Å²) >= 11 is 0. The molecule has 6 nitrogen and oxygen atoms in total. The van der Waals surface area contributed by atoms with Crippen molar-refractivity contribution in [2.24, 2.45) is 0 Å². The number of aliphatic hydroxyl groups is 1. The maximum absolute atomic E-state index is 10.4. The summed E-state index contributed by atoms with van der Waals surface area (Å²) in [6, 6.07) is 13.2. The minimum absolute atomic E-state index is 0.273. The Bertz CT molecular complexity index is 898. The van der Waals surface area contributed by atoms with Crippen molar-refractivity contribution in [3.05, 3.63) is 65.6 Å². The van der Waals surface area contributed by atoms with E-state index in [1.54, 1.807) is 13.3 Å². The lowest BCUT2D eigenvalue weighted by Gasteiger charge is -2.15. The lowest BCUT2D eigenvalue weighted by Crippen LogP contribution is -2.14. The van der Waals surface area contributed by atoms with Gasteiger partial charge in [0.25, 0.3) is 0 Å². The van der Waals surface area contributed by atoms with E-state index in [1.807, 2.05) is 56.3 Å². The Balaban J connectivity index is 1.75. The summed E-state index contributed by atoms with van der Waals surface area (Å²) in [5, 5.41) is 13.5. The number of aryl methyl sites for hydroxylation is 2. The van der Waals surface area contributed by atoms with Crippen LogP contribution in [0, 0.1) is 13.8 Å². The average molecular weight is 350 g/mol. The molecule has 0 aliphatic carbocycles. The number of hydrogen-bond donors (Lipinski definition) is 2. The Morgan fingerprint density at radius 1 is 1.08 bits per heavy atom. The molecule has 0 aliphatic rings. The number of benzene rings is 1. The van der Waals surface area contributed by atoms with Gasteiger partial charge in [0.05, 0.1) is 18.9 Å². The number of para-hydroxylation sites is 1. The van der Waals surface area contributed by atoms with Crippen molar-refractivity contribution in [2.45, 2.75) is 20.0 Å². The van der Waals surface area contributed by atoms with E-state index in [0.717, 1.165) is 28.2 Å². The van der Waals surface area contributed by atoms with Crippen LogP contribution >= 0.6 is 0 Å². The van der Waals surface area contributed by atoms with Gasteiger partial charge in [-0.25, -0.2) is 9.97 Å². The zero-order valence-electron chi connectivity index (χ0n) is 15.1. The van der Waals surface area contributed by atoms with Crippen LogP contribution in [-0.2, 0) is 0 Å². The highest BCUT2D eigenvalue weighted by Crippen LogP contribution is 2.25. The highest BCUT2D eigenvalue weighted by molar-refractivity contribution is 5.62. The van der Waals surface area contributed by atoms with Gasteiger partial charge < -0.3 is 15.2 Å². The van der Waals surface area contributed by atoms with Crippen LogP contribution in [0.25, 0.3) is 11.3 Å². The van der Waals surface area contributed by atoms with Crippen molar-refractivity contribution in [1.29, 1.82) is 0 Å². The number of rotatable bonds is 6. The van der Waals surface area contributed by atoms with Gasteiger partial charge in [0, 0.05) is 35.3 Å². The predicted octanol–water partition coefficient (Wildman–Crippen LogP) is 3.31. The van der Waals surface area contributed by atoms with Crippen LogP contribution in [0.15, 0.2) is 48.7 Å². The molecule has 0 radical (unpaired) electrons. The van der Waals surface area contributed by atoms with Gasteiger partial charge in [-0.1, -0.05) is 18.2 Å². The Morgan fingerprint density at radius 2 is 1.88 bits per heavy atom. The molecule has 0 unspecified atom stereocenters. The molecular weight excluding hydrogens is 328 g/mol. The van der Waals surface area contributed by atoms with Gasteiger partial charge in [0.2, 0.25) is 5.95 Å². The molecule has 0 amide bonds. The monoisotopic (exact) mass is 350 g/mol. The van der Waals surface area contributed by atoms with Crippen molar-refractivity contribution in [3.8, 4) is 17.0 Å².